The Balaban J connectivity index is 1.59. The van der Waals surface area contributed by atoms with E-state index in [0.29, 0.717) is 11.1 Å². The second kappa shape index (κ2) is 13.7. The van der Waals surface area contributed by atoms with E-state index in [0.717, 1.165) is 28.8 Å². The molecule has 0 aromatic heterocycles. The molecule has 0 saturated carbocycles. The summed E-state index contributed by atoms with van der Waals surface area (Å²) in [6.07, 6.45) is -2.57. The van der Waals surface area contributed by atoms with E-state index < -0.39 is 25.6 Å². The van der Waals surface area contributed by atoms with Gasteiger partial charge in [0.1, 0.15) is 0 Å². The highest BCUT2D eigenvalue weighted by molar-refractivity contribution is 7.80. The third-order valence-electron chi connectivity index (χ3n) is 6.98. The maximum Gasteiger partial charge on any atom is 0.416 e. The molecule has 0 aliphatic rings. The Hall–Kier alpha value is -4.47. The lowest BCUT2D eigenvalue weighted by atomic mass is 9.94. The van der Waals surface area contributed by atoms with Crippen LogP contribution in [0.15, 0.2) is 139 Å². The van der Waals surface area contributed by atoms with Crippen LogP contribution in [0.1, 0.15) is 23.6 Å². The second-order valence-electron chi connectivity index (χ2n) is 9.87. The molecule has 5 rings (SSSR count). The number of carbonyl (C=O) groups is 1. The van der Waals surface area contributed by atoms with Crippen LogP contribution < -0.4 is 15.9 Å². The first kappa shape index (κ1) is 30.0. The van der Waals surface area contributed by atoms with Crippen molar-refractivity contribution in [3.05, 3.63) is 156 Å². The quantitative estimate of drug-likeness (QED) is 0.0975. The Kier molecular flexibility index (Phi) is 9.54. The van der Waals surface area contributed by atoms with Crippen molar-refractivity contribution in [1.29, 1.82) is 0 Å². The van der Waals surface area contributed by atoms with Crippen LogP contribution in [0.2, 0.25) is 0 Å². The Morgan fingerprint density at radius 2 is 1.23 bits per heavy atom. The predicted molar refractivity (Wildman–Crippen MR) is 170 cm³/mol. The molecule has 6 heteroatoms. The Labute approximate surface area is 251 Å². The Bertz CT molecular complexity index is 1660. The molecular formula is C37H30F3O2P. The number of ether oxygens (including phenoxy) is 1. The number of hydrogen-bond acceptors (Lipinski definition) is 2. The average Bonchev–Trinajstić information content (AvgIpc) is 3.02. The van der Waals surface area contributed by atoms with Gasteiger partial charge < -0.3 is 4.74 Å². The zero-order valence-electron chi connectivity index (χ0n) is 23.6. The van der Waals surface area contributed by atoms with Gasteiger partial charge in [-0.15, -0.1) is 0 Å². The van der Waals surface area contributed by atoms with E-state index in [1.54, 1.807) is 13.0 Å². The van der Waals surface area contributed by atoms with Crippen molar-refractivity contribution in [1.82, 2.24) is 0 Å². The number of benzene rings is 5. The van der Waals surface area contributed by atoms with Crippen LogP contribution in [0, 0.1) is 0 Å². The van der Waals surface area contributed by atoms with Crippen LogP contribution in [-0.2, 0) is 22.1 Å². The lowest BCUT2D eigenvalue weighted by Gasteiger charge is -2.23. The Morgan fingerprint density at radius 3 is 1.81 bits per heavy atom. The summed E-state index contributed by atoms with van der Waals surface area (Å²) in [5.74, 6) is -0.499. The minimum Gasteiger partial charge on any atom is -0.463 e. The van der Waals surface area contributed by atoms with Crippen LogP contribution in [0.4, 0.5) is 13.2 Å². The van der Waals surface area contributed by atoms with Gasteiger partial charge in [0.05, 0.1) is 12.2 Å². The molecule has 0 spiro atoms. The van der Waals surface area contributed by atoms with Crippen LogP contribution in [0.25, 0.3) is 17.2 Å². The molecule has 0 aliphatic heterocycles. The predicted octanol–water partition coefficient (Wildman–Crippen LogP) is 8.32. The molecule has 0 amide bonds. The van der Waals surface area contributed by atoms with E-state index in [-0.39, 0.29) is 13.0 Å². The molecule has 0 heterocycles. The molecule has 0 radical (unpaired) electrons. The fourth-order valence-corrected chi connectivity index (χ4v) is 7.46. The molecule has 0 atom stereocenters. The third kappa shape index (κ3) is 7.31. The van der Waals surface area contributed by atoms with Crippen molar-refractivity contribution >= 4 is 35.9 Å². The van der Waals surface area contributed by atoms with Crippen molar-refractivity contribution in [2.45, 2.75) is 19.5 Å². The summed E-state index contributed by atoms with van der Waals surface area (Å²) in [4.78, 5) is 13.1. The summed E-state index contributed by atoms with van der Waals surface area (Å²) in [6, 6.07) is 42.0. The minimum atomic E-state index is -4.43. The van der Waals surface area contributed by atoms with Gasteiger partial charge in [0, 0.05) is 12.0 Å². The maximum absolute atomic E-state index is 13.1. The van der Waals surface area contributed by atoms with E-state index in [4.69, 9.17) is 4.74 Å². The average molecular weight is 595 g/mol. The van der Waals surface area contributed by atoms with Crippen LogP contribution in [-0.4, -0.2) is 12.6 Å². The van der Waals surface area contributed by atoms with Crippen molar-refractivity contribution in [3.8, 4) is 11.1 Å². The number of esters is 1. The lowest BCUT2D eigenvalue weighted by molar-refractivity contribution is -0.139. The molecule has 0 N–H and O–H groups in total. The molecule has 0 saturated heterocycles. The van der Waals surface area contributed by atoms with Gasteiger partial charge in [-0.1, -0.05) is 121 Å². The van der Waals surface area contributed by atoms with Gasteiger partial charge in [0.2, 0.25) is 0 Å². The van der Waals surface area contributed by atoms with Gasteiger partial charge >= 0.3 is 12.1 Å². The van der Waals surface area contributed by atoms with Crippen LogP contribution in [0.3, 0.4) is 0 Å². The van der Waals surface area contributed by atoms with Crippen molar-refractivity contribution in [3.63, 3.8) is 0 Å². The highest BCUT2D eigenvalue weighted by Gasteiger charge is 2.30. The van der Waals surface area contributed by atoms with Crippen LogP contribution >= 0.6 is 7.92 Å². The monoisotopic (exact) mass is 594 g/mol. The fourth-order valence-electron chi connectivity index (χ4n) is 5.00. The first-order chi connectivity index (χ1) is 20.8. The normalized spacial score (nSPS) is 11.9. The summed E-state index contributed by atoms with van der Waals surface area (Å²) < 4.78 is 44.7. The molecule has 0 fully saturated rings. The SMILES string of the molecule is CCOC(=O)/C(=C/c1ccc(C(F)(F)F)cc1)Cc1ccccc1-c1ccccc1P(c1ccccc1)c1ccccc1. The summed E-state index contributed by atoms with van der Waals surface area (Å²) >= 11 is 0. The first-order valence-corrected chi connectivity index (χ1v) is 15.3. The fraction of sp³-hybridized carbons (Fsp3) is 0.108. The van der Waals surface area contributed by atoms with Gasteiger partial charge in [-0.25, -0.2) is 4.79 Å². The van der Waals surface area contributed by atoms with Crippen molar-refractivity contribution < 1.29 is 22.7 Å². The summed E-state index contributed by atoms with van der Waals surface area (Å²) in [5, 5.41) is 3.64. The number of rotatable bonds is 9. The molecule has 5 aromatic rings. The number of carbonyl (C=O) groups excluding carboxylic acids is 1. The standard InChI is InChI=1S/C37H30F3O2P/c1-2-42-36(41)29(25-27-21-23-30(24-22-27)37(38,39)40)26-28-13-9-10-18-33(28)34-19-11-12-20-35(34)43(31-14-5-3-6-15-31)32-16-7-4-8-17-32/h3-25H,2,26H2,1H3/b29-25+. The molecular weight excluding hydrogens is 564 g/mol. The molecule has 43 heavy (non-hydrogen) atoms. The number of halogens is 3. The molecule has 0 bridgehead atoms. The number of alkyl halides is 3. The van der Waals surface area contributed by atoms with Crippen molar-refractivity contribution in [2.75, 3.05) is 6.61 Å². The summed E-state index contributed by atoms with van der Waals surface area (Å²) in [7, 11) is -0.892. The molecule has 0 aliphatic carbocycles. The van der Waals surface area contributed by atoms with Gasteiger partial charge in [0.25, 0.3) is 0 Å². The van der Waals surface area contributed by atoms with Gasteiger partial charge in [-0.3, -0.25) is 0 Å². The topological polar surface area (TPSA) is 26.3 Å². The van der Waals surface area contributed by atoms with E-state index >= 15 is 0 Å². The highest BCUT2D eigenvalue weighted by atomic mass is 31.1. The van der Waals surface area contributed by atoms with Crippen molar-refractivity contribution in [2.24, 2.45) is 0 Å². The minimum absolute atomic E-state index is 0.187. The van der Waals surface area contributed by atoms with E-state index in [1.807, 2.05) is 36.4 Å². The molecule has 0 unspecified atom stereocenters. The Morgan fingerprint density at radius 1 is 0.698 bits per heavy atom. The second-order valence-corrected chi connectivity index (χ2v) is 12.1. The summed E-state index contributed by atoms with van der Waals surface area (Å²) in [5.41, 5.74) is 3.08. The maximum atomic E-state index is 13.1. The molecule has 5 aromatic carbocycles. The van der Waals surface area contributed by atoms with E-state index in [1.165, 1.54) is 28.0 Å². The molecule has 2 nitrogen and oxygen atoms in total. The number of hydrogen-bond donors (Lipinski definition) is 0. The largest absolute Gasteiger partial charge is 0.463 e. The smallest absolute Gasteiger partial charge is 0.416 e. The highest BCUT2D eigenvalue weighted by Crippen LogP contribution is 2.38. The van der Waals surface area contributed by atoms with E-state index in [9.17, 15) is 18.0 Å². The zero-order chi connectivity index (χ0) is 30.2. The van der Waals surface area contributed by atoms with Gasteiger partial charge in [0.15, 0.2) is 0 Å². The van der Waals surface area contributed by atoms with Gasteiger partial charge in [-0.2, -0.15) is 13.2 Å². The molecule has 216 valence electrons. The third-order valence-corrected chi connectivity index (χ3v) is 9.48. The lowest BCUT2D eigenvalue weighted by Crippen LogP contribution is -2.22. The first-order valence-electron chi connectivity index (χ1n) is 14.0. The zero-order valence-corrected chi connectivity index (χ0v) is 24.5. The van der Waals surface area contributed by atoms with E-state index in [2.05, 4.69) is 72.8 Å². The van der Waals surface area contributed by atoms with Gasteiger partial charge in [-0.05, 0) is 71.2 Å². The van der Waals surface area contributed by atoms with Crippen LogP contribution in [0.5, 0.6) is 0 Å². The summed E-state index contributed by atoms with van der Waals surface area (Å²) in [6.45, 7) is 1.92.